The van der Waals surface area contributed by atoms with E-state index in [1.807, 2.05) is 30.3 Å². The standard InChI is InChI=1S/C28H22Cl2N4O2S/c1-17-25(27(36)34-22-13-9-20(30)10-14-22)26(18-5-3-2-4-6-18)23(15-31)28(32-17)37-16-24(35)33-21-11-7-19(29)8-12-21/h2-14,26,32H,16H2,1H3,(H,33,35)(H,34,36)/t26-/m0/s1. The lowest BCUT2D eigenvalue weighted by Crippen LogP contribution is -2.31. The van der Waals surface area contributed by atoms with Crippen LogP contribution in [-0.4, -0.2) is 17.6 Å². The van der Waals surface area contributed by atoms with E-state index in [0.29, 0.717) is 43.3 Å². The van der Waals surface area contributed by atoms with Gasteiger partial charge in [-0.05, 0) is 61.0 Å². The third kappa shape index (κ3) is 6.55. The van der Waals surface area contributed by atoms with Crippen LogP contribution in [0.5, 0.6) is 0 Å². The summed E-state index contributed by atoms with van der Waals surface area (Å²) < 4.78 is 0. The fraction of sp³-hybridized carbons (Fsp3) is 0.107. The van der Waals surface area contributed by atoms with Crippen LogP contribution in [0.2, 0.25) is 10.0 Å². The molecule has 1 aliphatic rings. The topological polar surface area (TPSA) is 94.0 Å². The highest BCUT2D eigenvalue weighted by Crippen LogP contribution is 2.41. The molecule has 3 aromatic rings. The number of amides is 2. The Labute approximate surface area is 229 Å². The molecule has 3 aromatic carbocycles. The second-order valence-corrected chi connectivity index (χ2v) is 10.0. The molecule has 0 fully saturated rings. The number of hydrogen-bond donors (Lipinski definition) is 3. The molecule has 0 aliphatic carbocycles. The number of dihydropyridines is 1. The first-order valence-electron chi connectivity index (χ1n) is 11.3. The number of carbonyl (C=O) groups is 2. The Morgan fingerprint density at radius 1 is 0.919 bits per heavy atom. The molecule has 0 radical (unpaired) electrons. The SMILES string of the molecule is CC1=C(C(=O)Nc2ccc(Cl)cc2)[C@@H](c2ccccc2)C(C#N)=C(SCC(=O)Nc2ccc(Cl)cc2)N1. The zero-order chi connectivity index (χ0) is 26.4. The van der Waals surface area contributed by atoms with Crippen LogP contribution in [0, 0.1) is 11.3 Å². The molecule has 0 unspecified atom stereocenters. The summed E-state index contributed by atoms with van der Waals surface area (Å²) in [5, 5.41) is 20.8. The van der Waals surface area contributed by atoms with E-state index in [2.05, 4.69) is 22.0 Å². The summed E-state index contributed by atoms with van der Waals surface area (Å²) in [6.45, 7) is 1.79. The van der Waals surface area contributed by atoms with E-state index in [1.54, 1.807) is 55.5 Å². The van der Waals surface area contributed by atoms with Crippen LogP contribution >= 0.6 is 35.0 Å². The van der Waals surface area contributed by atoms with Crippen molar-refractivity contribution in [2.45, 2.75) is 12.8 Å². The summed E-state index contributed by atoms with van der Waals surface area (Å²) in [6, 6.07) is 25.3. The summed E-state index contributed by atoms with van der Waals surface area (Å²) in [6.07, 6.45) is 0. The number of nitriles is 1. The molecular weight excluding hydrogens is 527 g/mol. The van der Waals surface area contributed by atoms with Gasteiger partial charge in [0.05, 0.1) is 28.3 Å². The second-order valence-electron chi connectivity index (χ2n) is 8.17. The van der Waals surface area contributed by atoms with Crippen molar-refractivity contribution >= 4 is 58.2 Å². The van der Waals surface area contributed by atoms with Gasteiger partial charge in [-0.2, -0.15) is 5.26 Å². The largest absolute Gasteiger partial charge is 0.353 e. The van der Waals surface area contributed by atoms with Crippen molar-refractivity contribution < 1.29 is 9.59 Å². The van der Waals surface area contributed by atoms with Crippen LogP contribution in [0.3, 0.4) is 0 Å². The van der Waals surface area contributed by atoms with E-state index in [-0.39, 0.29) is 17.6 Å². The monoisotopic (exact) mass is 548 g/mol. The highest BCUT2D eigenvalue weighted by atomic mass is 35.5. The molecule has 1 atom stereocenters. The maximum absolute atomic E-state index is 13.5. The maximum Gasteiger partial charge on any atom is 0.254 e. The molecule has 1 heterocycles. The average Bonchev–Trinajstić information content (AvgIpc) is 2.90. The van der Waals surface area contributed by atoms with Crippen LogP contribution in [0.1, 0.15) is 18.4 Å². The van der Waals surface area contributed by atoms with Crippen molar-refractivity contribution in [3.05, 3.63) is 116 Å². The highest BCUT2D eigenvalue weighted by Gasteiger charge is 2.34. The quantitative estimate of drug-likeness (QED) is 0.305. The lowest BCUT2D eigenvalue weighted by Gasteiger charge is -2.30. The molecule has 4 rings (SSSR count). The molecule has 0 aromatic heterocycles. The van der Waals surface area contributed by atoms with Crippen molar-refractivity contribution in [3.63, 3.8) is 0 Å². The van der Waals surface area contributed by atoms with Crippen LogP contribution in [-0.2, 0) is 9.59 Å². The Balaban J connectivity index is 1.60. The van der Waals surface area contributed by atoms with Crippen molar-refractivity contribution in [1.29, 1.82) is 5.26 Å². The van der Waals surface area contributed by atoms with E-state index < -0.39 is 5.92 Å². The minimum absolute atomic E-state index is 0.0667. The van der Waals surface area contributed by atoms with Gasteiger partial charge in [-0.25, -0.2) is 0 Å². The number of nitrogens with one attached hydrogen (secondary N) is 3. The van der Waals surface area contributed by atoms with Gasteiger partial charge in [-0.3, -0.25) is 9.59 Å². The van der Waals surface area contributed by atoms with Gasteiger partial charge in [-0.1, -0.05) is 65.3 Å². The molecule has 0 spiro atoms. The van der Waals surface area contributed by atoms with Crippen molar-refractivity contribution in [2.24, 2.45) is 0 Å². The Morgan fingerprint density at radius 3 is 2.05 bits per heavy atom. The molecule has 9 heteroatoms. The Kier molecular flexibility index (Phi) is 8.57. The highest BCUT2D eigenvalue weighted by molar-refractivity contribution is 8.03. The lowest BCUT2D eigenvalue weighted by atomic mass is 9.82. The molecule has 0 saturated carbocycles. The van der Waals surface area contributed by atoms with E-state index >= 15 is 0 Å². The van der Waals surface area contributed by atoms with Crippen LogP contribution in [0.15, 0.2) is 101 Å². The summed E-state index contributed by atoms with van der Waals surface area (Å²) in [4.78, 5) is 26.0. The third-order valence-corrected chi connectivity index (χ3v) is 7.12. The number of nitrogens with zero attached hydrogens (tertiary/aromatic N) is 1. The minimum Gasteiger partial charge on any atom is -0.353 e. The van der Waals surface area contributed by atoms with Crippen LogP contribution in [0.25, 0.3) is 0 Å². The van der Waals surface area contributed by atoms with Gasteiger partial charge in [0.25, 0.3) is 5.91 Å². The normalized spacial score (nSPS) is 15.0. The number of hydrogen-bond acceptors (Lipinski definition) is 5. The van der Waals surface area contributed by atoms with E-state index in [0.717, 1.165) is 5.56 Å². The molecule has 6 nitrogen and oxygen atoms in total. The predicted octanol–water partition coefficient (Wildman–Crippen LogP) is 6.70. The Hall–Kier alpha value is -3.70. The molecular formula is C28H22Cl2N4O2S. The maximum atomic E-state index is 13.5. The van der Waals surface area contributed by atoms with Gasteiger partial charge in [0.2, 0.25) is 5.91 Å². The summed E-state index contributed by atoms with van der Waals surface area (Å²) in [5.74, 6) is -1.11. The number of carbonyl (C=O) groups excluding carboxylic acids is 2. The number of benzene rings is 3. The summed E-state index contributed by atoms with van der Waals surface area (Å²) in [5.41, 5.74) is 3.39. The van der Waals surface area contributed by atoms with Crippen LogP contribution < -0.4 is 16.0 Å². The number of thioether (sulfide) groups is 1. The van der Waals surface area contributed by atoms with Gasteiger partial charge < -0.3 is 16.0 Å². The zero-order valence-electron chi connectivity index (χ0n) is 19.7. The van der Waals surface area contributed by atoms with Gasteiger partial charge in [-0.15, -0.1) is 0 Å². The average molecular weight is 549 g/mol. The summed E-state index contributed by atoms with van der Waals surface area (Å²) >= 11 is 13.1. The van der Waals surface area contributed by atoms with Crippen molar-refractivity contribution in [2.75, 3.05) is 16.4 Å². The molecule has 186 valence electrons. The van der Waals surface area contributed by atoms with Crippen molar-refractivity contribution in [3.8, 4) is 6.07 Å². The van der Waals surface area contributed by atoms with Gasteiger partial charge in [0, 0.05) is 32.7 Å². The van der Waals surface area contributed by atoms with Crippen molar-refractivity contribution in [1.82, 2.24) is 5.32 Å². The number of halogens is 2. The molecule has 0 saturated heterocycles. The molecule has 1 aliphatic heterocycles. The van der Waals surface area contributed by atoms with E-state index in [4.69, 9.17) is 23.2 Å². The lowest BCUT2D eigenvalue weighted by molar-refractivity contribution is -0.114. The molecule has 2 amide bonds. The fourth-order valence-corrected chi connectivity index (χ4v) is 5.05. The first-order chi connectivity index (χ1) is 17.9. The van der Waals surface area contributed by atoms with Gasteiger partial charge in [0.1, 0.15) is 0 Å². The number of anilines is 2. The first kappa shape index (κ1) is 26.4. The summed E-state index contributed by atoms with van der Waals surface area (Å²) in [7, 11) is 0. The Morgan fingerprint density at radius 2 is 1.49 bits per heavy atom. The zero-order valence-corrected chi connectivity index (χ0v) is 22.0. The molecule has 0 bridgehead atoms. The predicted molar refractivity (Wildman–Crippen MR) is 150 cm³/mol. The molecule has 37 heavy (non-hydrogen) atoms. The Bertz CT molecular complexity index is 1410. The number of rotatable bonds is 7. The number of allylic oxidation sites excluding steroid dienone is 2. The van der Waals surface area contributed by atoms with E-state index in [1.165, 1.54) is 11.8 Å². The van der Waals surface area contributed by atoms with Crippen LogP contribution in [0.4, 0.5) is 11.4 Å². The smallest absolute Gasteiger partial charge is 0.254 e. The first-order valence-corrected chi connectivity index (χ1v) is 13.0. The third-order valence-electron chi connectivity index (χ3n) is 5.60. The molecule has 3 N–H and O–H groups in total. The van der Waals surface area contributed by atoms with Gasteiger partial charge >= 0.3 is 0 Å². The minimum atomic E-state index is -0.610. The van der Waals surface area contributed by atoms with Gasteiger partial charge in [0.15, 0.2) is 0 Å². The van der Waals surface area contributed by atoms with E-state index in [9.17, 15) is 14.9 Å². The second kappa shape index (κ2) is 12.0. The fourth-order valence-electron chi connectivity index (χ4n) is 3.91.